The number of benzene rings is 1. The molecule has 0 spiro atoms. The van der Waals surface area contributed by atoms with Gasteiger partial charge in [-0.05, 0) is 38.0 Å². The summed E-state index contributed by atoms with van der Waals surface area (Å²) < 4.78 is 16.3. The average Bonchev–Trinajstić information content (AvgIpc) is 2.52. The largest absolute Gasteiger partial charge is 0.497 e. The summed E-state index contributed by atoms with van der Waals surface area (Å²) in [4.78, 5) is 14.4. The Morgan fingerprint density at radius 1 is 1.30 bits per heavy atom. The molecule has 1 fully saturated rings. The summed E-state index contributed by atoms with van der Waals surface area (Å²) in [6.45, 7) is 5.75. The molecule has 0 saturated carbocycles. The fourth-order valence-electron chi connectivity index (χ4n) is 2.96. The van der Waals surface area contributed by atoms with Gasteiger partial charge in [0.25, 0.3) is 0 Å². The number of hydrogen-bond acceptors (Lipinski definition) is 4. The summed E-state index contributed by atoms with van der Waals surface area (Å²) in [5, 5.41) is 0. The van der Waals surface area contributed by atoms with Crippen LogP contribution in [0.3, 0.4) is 0 Å². The smallest absolute Gasteiger partial charge is 0.223 e. The lowest BCUT2D eigenvalue weighted by Gasteiger charge is -2.42. The third-order valence-corrected chi connectivity index (χ3v) is 3.97. The number of aryl methyl sites for hydroxylation is 1. The lowest BCUT2D eigenvalue weighted by Crippen LogP contribution is -2.55. The Kier molecular flexibility index (Phi) is 6.02. The Balaban J connectivity index is 1.90. The van der Waals surface area contributed by atoms with Crippen molar-refractivity contribution >= 4 is 5.91 Å². The third-order valence-electron chi connectivity index (χ3n) is 3.97. The van der Waals surface area contributed by atoms with E-state index in [2.05, 4.69) is 0 Å². The fraction of sp³-hybridized carbons (Fsp3) is 0.611. The summed E-state index contributed by atoms with van der Waals surface area (Å²) >= 11 is 0. The zero-order valence-electron chi connectivity index (χ0n) is 14.5. The van der Waals surface area contributed by atoms with E-state index in [9.17, 15) is 4.79 Å². The van der Waals surface area contributed by atoms with Crippen molar-refractivity contribution in [1.29, 1.82) is 0 Å². The van der Waals surface area contributed by atoms with Gasteiger partial charge in [0.1, 0.15) is 5.75 Å². The van der Waals surface area contributed by atoms with E-state index in [1.165, 1.54) is 0 Å². The molecule has 1 amide bonds. The molecule has 0 aliphatic carbocycles. The Morgan fingerprint density at radius 2 is 2.00 bits per heavy atom. The van der Waals surface area contributed by atoms with Gasteiger partial charge in [-0.15, -0.1) is 0 Å². The van der Waals surface area contributed by atoms with Crippen molar-refractivity contribution in [3.8, 4) is 5.75 Å². The van der Waals surface area contributed by atoms with Crippen molar-refractivity contribution in [3.05, 3.63) is 29.8 Å². The minimum Gasteiger partial charge on any atom is -0.497 e. The molecule has 1 heterocycles. The van der Waals surface area contributed by atoms with Crippen molar-refractivity contribution in [3.63, 3.8) is 0 Å². The summed E-state index contributed by atoms with van der Waals surface area (Å²) in [5.74, 6) is 0.996. The molecule has 0 N–H and O–H groups in total. The average molecular weight is 321 g/mol. The van der Waals surface area contributed by atoms with E-state index >= 15 is 0 Å². The van der Waals surface area contributed by atoms with Crippen LogP contribution >= 0.6 is 0 Å². The molecule has 1 aliphatic rings. The van der Waals surface area contributed by atoms with Gasteiger partial charge in [0, 0.05) is 26.6 Å². The first kappa shape index (κ1) is 17.8. The molecule has 128 valence electrons. The molecule has 5 heteroatoms. The van der Waals surface area contributed by atoms with Crippen molar-refractivity contribution in [2.24, 2.45) is 0 Å². The number of rotatable bonds is 6. The molecule has 1 aliphatic heterocycles. The minimum absolute atomic E-state index is 0.0614. The molecular formula is C18H27NO4. The van der Waals surface area contributed by atoms with Crippen LogP contribution in [0.25, 0.3) is 0 Å². The van der Waals surface area contributed by atoms with Gasteiger partial charge in [-0.25, -0.2) is 0 Å². The highest BCUT2D eigenvalue weighted by molar-refractivity contribution is 5.76. The van der Waals surface area contributed by atoms with Crippen molar-refractivity contribution < 1.29 is 19.0 Å². The molecule has 0 unspecified atom stereocenters. The highest BCUT2D eigenvalue weighted by Gasteiger charge is 2.35. The molecular weight excluding hydrogens is 294 g/mol. The predicted molar refractivity (Wildman–Crippen MR) is 88.7 cm³/mol. The van der Waals surface area contributed by atoms with Gasteiger partial charge < -0.3 is 19.1 Å². The second-order valence-corrected chi connectivity index (χ2v) is 6.58. The lowest BCUT2D eigenvalue weighted by molar-refractivity contribution is -0.168. The first-order valence-corrected chi connectivity index (χ1v) is 8.01. The molecule has 1 saturated heterocycles. The standard InChI is InChI=1S/C18H27NO4/c1-18(2)13-19(11-16(23-18)12-21-3)17(20)10-7-14-5-8-15(22-4)9-6-14/h5-6,8-9,16H,7,10-13H2,1-4H3/t16-/m0/s1. The number of hydrogen-bond donors (Lipinski definition) is 0. The Morgan fingerprint density at radius 3 is 2.61 bits per heavy atom. The number of carbonyl (C=O) groups is 1. The zero-order chi connectivity index (χ0) is 16.9. The molecule has 1 aromatic rings. The van der Waals surface area contributed by atoms with E-state index in [0.717, 1.165) is 17.7 Å². The van der Waals surface area contributed by atoms with Crippen LogP contribution in [0.4, 0.5) is 0 Å². The first-order valence-electron chi connectivity index (χ1n) is 8.01. The summed E-state index contributed by atoms with van der Waals surface area (Å²) in [6, 6.07) is 7.85. The van der Waals surface area contributed by atoms with Gasteiger partial charge in [-0.2, -0.15) is 0 Å². The summed E-state index contributed by atoms with van der Waals surface area (Å²) in [7, 11) is 3.30. The molecule has 0 aromatic heterocycles. The SMILES string of the molecule is COC[C@@H]1CN(C(=O)CCc2ccc(OC)cc2)CC(C)(C)O1. The van der Waals surface area contributed by atoms with E-state index in [-0.39, 0.29) is 17.6 Å². The van der Waals surface area contributed by atoms with Gasteiger partial charge in [0.05, 0.1) is 25.4 Å². The number of carbonyl (C=O) groups excluding carboxylic acids is 1. The fourth-order valence-corrected chi connectivity index (χ4v) is 2.96. The second kappa shape index (κ2) is 7.79. The second-order valence-electron chi connectivity index (χ2n) is 6.58. The number of nitrogens with zero attached hydrogens (tertiary/aromatic N) is 1. The van der Waals surface area contributed by atoms with Gasteiger partial charge in [0.2, 0.25) is 5.91 Å². The van der Waals surface area contributed by atoms with E-state index in [4.69, 9.17) is 14.2 Å². The van der Waals surface area contributed by atoms with E-state index < -0.39 is 0 Å². The summed E-state index contributed by atoms with van der Waals surface area (Å²) in [6.07, 6.45) is 1.17. The van der Waals surface area contributed by atoms with Crippen LogP contribution in [0.1, 0.15) is 25.8 Å². The first-order chi connectivity index (χ1) is 10.9. The molecule has 23 heavy (non-hydrogen) atoms. The highest BCUT2D eigenvalue weighted by atomic mass is 16.5. The normalized spacial score (nSPS) is 20.3. The van der Waals surface area contributed by atoms with Crippen LogP contribution in [0, 0.1) is 0 Å². The van der Waals surface area contributed by atoms with Crippen LogP contribution in [-0.2, 0) is 20.7 Å². The Bertz CT molecular complexity index is 512. The third kappa shape index (κ3) is 5.22. The number of methoxy groups -OCH3 is 2. The molecule has 2 rings (SSSR count). The Hall–Kier alpha value is -1.59. The molecule has 5 nitrogen and oxygen atoms in total. The van der Waals surface area contributed by atoms with E-state index in [1.54, 1.807) is 14.2 Å². The number of amides is 1. The van der Waals surface area contributed by atoms with Gasteiger partial charge in [-0.1, -0.05) is 12.1 Å². The van der Waals surface area contributed by atoms with Crippen LogP contribution < -0.4 is 4.74 Å². The minimum atomic E-state index is -0.336. The highest BCUT2D eigenvalue weighted by Crippen LogP contribution is 2.22. The van der Waals surface area contributed by atoms with Crippen LogP contribution in [0.2, 0.25) is 0 Å². The molecule has 1 aromatic carbocycles. The van der Waals surface area contributed by atoms with Crippen LogP contribution in [-0.4, -0.2) is 56.4 Å². The quantitative estimate of drug-likeness (QED) is 0.806. The topological polar surface area (TPSA) is 48.0 Å². The van der Waals surface area contributed by atoms with Gasteiger partial charge >= 0.3 is 0 Å². The van der Waals surface area contributed by atoms with Gasteiger partial charge in [0.15, 0.2) is 0 Å². The maximum absolute atomic E-state index is 12.5. The monoisotopic (exact) mass is 321 g/mol. The van der Waals surface area contributed by atoms with Gasteiger partial charge in [-0.3, -0.25) is 4.79 Å². The van der Waals surface area contributed by atoms with E-state index in [1.807, 2.05) is 43.0 Å². The summed E-state index contributed by atoms with van der Waals surface area (Å²) in [5.41, 5.74) is 0.803. The number of ether oxygens (including phenoxy) is 3. The zero-order valence-corrected chi connectivity index (χ0v) is 14.5. The molecule has 1 atom stereocenters. The lowest BCUT2D eigenvalue weighted by atomic mass is 10.0. The van der Waals surface area contributed by atoms with Crippen molar-refractivity contribution in [1.82, 2.24) is 4.90 Å². The van der Waals surface area contributed by atoms with Crippen molar-refractivity contribution in [2.75, 3.05) is 33.9 Å². The molecule has 0 bridgehead atoms. The maximum atomic E-state index is 12.5. The van der Waals surface area contributed by atoms with E-state index in [0.29, 0.717) is 26.1 Å². The number of morpholine rings is 1. The van der Waals surface area contributed by atoms with Crippen LogP contribution in [0.15, 0.2) is 24.3 Å². The maximum Gasteiger partial charge on any atom is 0.223 e. The van der Waals surface area contributed by atoms with Crippen molar-refractivity contribution in [2.45, 2.75) is 38.4 Å². The Labute approximate surface area is 138 Å². The predicted octanol–water partition coefficient (Wildman–Crippen LogP) is 2.28. The van der Waals surface area contributed by atoms with Crippen LogP contribution in [0.5, 0.6) is 5.75 Å². The molecule has 0 radical (unpaired) electrons.